The zero-order valence-electron chi connectivity index (χ0n) is 10.0. The molecule has 0 amide bonds. The molecule has 5 heteroatoms. The molecule has 2 aromatic rings. The van der Waals surface area contributed by atoms with Crippen LogP contribution in [0.4, 0.5) is 8.78 Å². The molecular formula is C14H12F2O3. The van der Waals surface area contributed by atoms with Gasteiger partial charge in [-0.3, -0.25) is 4.79 Å². The summed E-state index contributed by atoms with van der Waals surface area (Å²) in [6, 6.07) is 2.24. The fourth-order valence-corrected chi connectivity index (χ4v) is 2.62. The highest BCUT2D eigenvalue weighted by molar-refractivity contribution is 5.82. The predicted octanol–water partition coefficient (Wildman–Crippen LogP) is 3.68. The van der Waals surface area contributed by atoms with E-state index in [4.69, 9.17) is 9.52 Å². The number of rotatable bonds is 4. The minimum atomic E-state index is -0.986. The Balaban J connectivity index is 2.16. The average molecular weight is 266 g/mol. The van der Waals surface area contributed by atoms with Gasteiger partial charge >= 0.3 is 5.97 Å². The van der Waals surface area contributed by atoms with Gasteiger partial charge in [-0.2, -0.15) is 0 Å². The van der Waals surface area contributed by atoms with Gasteiger partial charge in [0.15, 0.2) is 0 Å². The van der Waals surface area contributed by atoms with Crippen LogP contribution < -0.4 is 0 Å². The molecule has 3 rings (SSSR count). The molecule has 0 bridgehead atoms. The summed E-state index contributed by atoms with van der Waals surface area (Å²) in [5.74, 6) is -2.70. The maximum Gasteiger partial charge on any atom is 0.303 e. The van der Waals surface area contributed by atoms with E-state index in [1.54, 1.807) is 0 Å². The second kappa shape index (κ2) is 4.33. The van der Waals surface area contributed by atoms with Crippen molar-refractivity contribution >= 4 is 16.9 Å². The van der Waals surface area contributed by atoms with Gasteiger partial charge in [0, 0.05) is 17.5 Å². The van der Waals surface area contributed by atoms with E-state index in [-0.39, 0.29) is 28.9 Å². The highest BCUT2D eigenvalue weighted by Crippen LogP contribution is 2.47. The molecule has 1 atom stereocenters. The first-order chi connectivity index (χ1) is 9.08. The van der Waals surface area contributed by atoms with Crippen LogP contribution in [-0.4, -0.2) is 11.1 Å². The fourth-order valence-electron chi connectivity index (χ4n) is 2.62. The molecule has 19 heavy (non-hydrogen) atoms. The molecule has 1 saturated carbocycles. The van der Waals surface area contributed by atoms with Crippen molar-refractivity contribution in [3.8, 4) is 0 Å². The monoisotopic (exact) mass is 266 g/mol. The number of aliphatic carboxylic acids is 1. The number of benzene rings is 1. The third-order valence-corrected chi connectivity index (χ3v) is 3.63. The van der Waals surface area contributed by atoms with Crippen molar-refractivity contribution in [2.24, 2.45) is 5.92 Å². The molecule has 0 saturated heterocycles. The number of carbonyl (C=O) groups is 1. The van der Waals surface area contributed by atoms with Crippen LogP contribution in [0, 0.1) is 17.6 Å². The second-order valence-corrected chi connectivity index (χ2v) is 4.96. The molecule has 1 fully saturated rings. The van der Waals surface area contributed by atoms with Crippen LogP contribution in [0.5, 0.6) is 0 Å². The Labute approximate surface area is 107 Å². The highest BCUT2D eigenvalue weighted by atomic mass is 19.1. The van der Waals surface area contributed by atoms with Crippen molar-refractivity contribution < 1.29 is 23.1 Å². The smallest absolute Gasteiger partial charge is 0.303 e. The van der Waals surface area contributed by atoms with Crippen molar-refractivity contribution in [1.82, 2.24) is 0 Å². The third kappa shape index (κ3) is 2.09. The van der Waals surface area contributed by atoms with Gasteiger partial charge in [0.05, 0.1) is 18.1 Å². The number of furan rings is 1. The van der Waals surface area contributed by atoms with Crippen molar-refractivity contribution in [3.63, 3.8) is 0 Å². The lowest BCUT2D eigenvalue weighted by Crippen LogP contribution is -2.11. The lowest BCUT2D eigenvalue weighted by Gasteiger charge is -2.16. The molecule has 0 radical (unpaired) electrons. The largest absolute Gasteiger partial charge is 0.481 e. The van der Waals surface area contributed by atoms with Crippen molar-refractivity contribution in [3.05, 3.63) is 35.6 Å². The van der Waals surface area contributed by atoms with E-state index in [0.29, 0.717) is 0 Å². The van der Waals surface area contributed by atoms with Crippen molar-refractivity contribution in [2.75, 3.05) is 0 Å². The molecule has 1 aromatic heterocycles. The summed E-state index contributed by atoms with van der Waals surface area (Å²) in [7, 11) is 0. The fraction of sp³-hybridized carbons (Fsp3) is 0.357. The van der Waals surface area contributed by atoms with Gasteiger partial charge in [0.25, 0.3) is 0 Å². The number of hydrogen-bond donors (Lipinski definition) is 1. The van der Waals surface area contributed by atoms with E-state index < -0.39 is 23.5 Å². The summed E-state index contributed by atoms with van der Waals surface area (Å²) in [5.41, 5.74) is 0.335. The Bertz CT molecular complexity index is 643. The minimum Gasteiger partial charge on any atom is -0.481 e. The topological polar surface area (TPSA) is 50.4 Å². The number of halogens is 2. The molecule has 1 heterocycles. The first-order valence-corrected chi connectivity index (χ1v) is 6.15. The van der Waals surface area contributed by atoms with Crippen LogP contribution in [0.2, 0.25) is 0 Å². The second-order valence-electron chi connectivity index (χ2n) is 4.96. The SMILES string of the molecule is O=C(O)CC(c1c(F)cc(F)c2ccoc12)C1CC1. The van der Waals surface area contributed by atoms with Crippen LogP contribution in [0.15, 0.2) is 22.8 Å². The molecule has 1 aliphatic rings. The zero-order valence-corrected chi connectivity index (χ0v) is 10.0. The molecule has 1 aromatic carbocycles. The summed E-state index contributed by atoms with van der Waals surface area (Å²) in [6.45, 7) is 0. The Morgan fingerprint density at radius 3 is 2.79 bits per heavy atom. The van der Waals surface area contributed by atoms with Gasteiger partial charge in [-0.15, -0.1) is 0 Å². The van der Waals surface area contributed by atoms with Crippen LogP contribution in [0.1, 0.15) is 30.7 Å². The van der Waals surface area contributed by atoms with E-state index in [2.05, 4.69) is 0 Å². The lowest BCUT2D eigenvalue weighted by atomic mass is 9.89. The summed E-state index contributed by atoms with van der Waals surface area (Å²) in [4.78, 5) is 10.9. The predicted molar refractivity (Wildman–Crippen MR) is 63.8 cm³/mol. The molecule has 0 aliphatic heterocycles. The number of hydrogen-bond acceptors (Lipinski definition) is 2. The molecule has 3 nitrogen and oxygen atoms in total. The van der Waals surface area contributed by atoms with Crippen molar-refractivity contribution in [1.29, 1.82) is 0 Å². The number of fused-ring (bicyclic) bond motifs is 1. The summed E-state index contributed by atoms with van der Waals surface area (Å²) < 4.78 is 32.8. The first kappa shape index (κ1) is 12.1. The van der Waals surface area contributed by atoms with E-state index in [0.717, 1.165) is 18.9 Å². The van der Waals surface area contributed by atoms with Crippen LogP contribution in [-0.2, 0) is 4.79 Å². The van der Waals surface area contributed by atoms with Gasteiger partial charge < -0.3 is 9.52 Å². The normalized spacial score (nSPS) is 16.7. The standard InChI is InChI=1S/C14H12F2O3/c15-10-6-11(16)13(14-8(10)3-4-19-14)9(5-12(17)18)7-1-2-7/h3-4,6-7,9H,1-2,5H2,(H,17,18). The minimum absolute atomic E-state index is 0.135. The van der Waals surface area contributed by atoms with Gasteiger partial charge in [-0.05, 0) is 24.8 Å². The van der Waals surface area contributed by atoms with Gasteiger partial charge in [0.1, 0.15) is 17.2 Å². The zero-order chi connectivity index (χ0) is 13.6. The summed E-state index contributed by atoms with van der Waals surface area (Å²) in [5, 5.41) is 9.16. The van der Waals surface area contributed by atoms with E-state index in [1.165, 1.54) is 12.3 Å². The molecule has 1 aliphatic carbocycles. The molecule has 100 valence electrons. The van der Waals surface area contributed by atoms with Gasteiger partial charge in [-0.25, -0.2) is 8.78 Å². The van der Waals surface area contributed by atoms with Gasteiger partial charge in [-0.1, -0.05) is 0 Å². The first-order valence-electron chi connectivity index (χ1n) is 6.15. The van der Waals surface area contributed by atoms with Crippen molar-refractivity contribution in [2.45, 2.75) is 25.2 Å². The summed E-state index contributed by atoms with van der Waals surface area (Å²) in [6.07, 6.45) is 2.87. The maximum atomic E-state index is 14.1. The average Bonchev–Trinajstić information content (AvgIpc) is 3.05. The number of carboxylic acid groups (broad SMARTS) is 1. The van der Waals surface area contributed by atoms with Crippen LogP contribution >= 0.6 is 0 Å². The molecular weight excluding hydrogens is 254 g/mol. The molecule has 1 unspecified atom stereocenters. The number of carboxylic acids is 1. The Morgan fingerprint density at radius 1 is 1.42 bits per heavy atom. The third-order valence-electron chi connectivity index (χ3n) is 3.63. The Hall–Kier alpha value is -1.91. The Kier molecular flexibility index (Phi) is 2.77. The van der Waals surface area contributed by atoms with E-state index in [9.17, 15) is 13.6 Å². The van der Waals surface area contributed by atoms with Crippen LogP contribution in [0.3, 0.4) is 0 Å². The quantitative estimate of drug-likeness (QED) is 0.918. The van der Waals surface area contributed by atoms with Gasteiger partial charge in [0.2, 0.25) is 0 Å². The molecule has 1 N–H and O–H groups in total. The lowest BCUT2D eigenvalue weighted by molar-refractivity contribution is -0.137. The van der Waals surface area contributed by atoms with E-state index in [1.807, 2.05) is 0 Å². The van der Waals surface area contributed by atoms with Crippen LogP contribution in [0.25, 0.3) is 11.0 Å². The Morgan fingerprint density at radius 2 is 2.16 bits per heavy atom. The summed E-state index contributed by atoms with van der Waals surface area (Å²) >= 11 is 0. The molecule has 0 spiro atoms. The maximum absolute atomic E-state index is 14.1. The highest BCUT2D eigenvalue weighted by Gasteiger charge is 2.37. The van der Waals surface area contributed by atoms with E-state index >= 15 is 0 Å².